The van der Waals surface area contributed by atoms with Crippen molar-refractivity contribution >= 4 is 11.7 Å². The van der Waals surface area contributed by atoms with Crippen LogP contribution < -0.4 is 9.64 Å². The molecule has 1 aliphatic heterocycles. The monoisotopic (exact) mass is 344 g/mol. The first-order chi connectivity index (χ1) is 12.0. The molecule has 0 spiro atoms. The van der Waals surface area contributed by atoms with Gasteiger partial charge in [-0.2, -0.15) is 0 Å². The number of benzene rings is 1. The Morgan fingerprint density at radius 2 is 2.08 bits per heavy atom. The third-order valence-corrected chi connectivity index (χ3v) is 4.17. The van der Waals surface area contributed by atoms with E-state index in [9.17, 15) is 9.18 Å². The number of anilines is 1. The highest BCUT2D eigenvalue weighted by Crippen LogP contribution is 2.19. The lowest BCUT2D eigenvalue weighted by atomic mass is 10.1. The largest absolute Gasteiger partial charge is 0.471 e. The van der Waals surface area contributed by atoms with Crippen LogP contribution in [0.5, 0.6) is 5.88 Å². The third-order valence-electron chi connectivity index (χ3n) is 4.17. The first-order valence-electron chi connectivity index (χ1n) is 8.22. The smallest absolute Gasteiger partial charge is 0.233 e. The molecule has 1 atom stereocenters. The number of carbonyl (C=O) groups is 1. The van der Waals surface area contributed by atoms with Gasteiger partial charge in [0.2, 0.25) is 11.8 Å². The fourth-order valence-corrected chi connectivity index (χ4v) is 2.75. The fraction of sp³-hybridized carbons (Fsp3) is 0.389. The van der Waals surface area contributed by atoms with E-state index in [0.717, 1.165) is 12.2 Å². The second-order valence-electron chi connectivity index (χ2n) is 6.26. The lowest BCUT2D eigenvalue weighted by molar-refractivity contribution is -0.129. The standard InChI is InChI=1S/C18H21FN4O2/c1-22(2)16-7-8-17(21-20-16)25-14-9-10-23(12-14)18(24)11-13-5-3-4-6-15(13)19/h3-8,14H,9-12H2,1-2H3. The van der Waals surface area contributed by atoms with E-state index in [1.165, 1.54) is 6.07 Å². The minimum absolute atomic E-state index is 0.0662. The van der Waals surface area contributed by atoms with E-state index in [1.807, 2.05) is 25.1 Å². The van der Waals surface area contributed by atoms with Gasteiger partial charge >= 0.3 is 0 Å². The maximum atomic E-state index is 13.7. The van der Waals surface area contributed by atoms with Gasteiger partial charge in [0.05, 0.1) is 13.0 Å². The number of rotatable bonds is 5. The zero-order valence-corrected chi connectivity index (χ0v) is 14.4. The average molecular weight is 344 g/mol. The van der Waals surface area contributed by atoms with E-state index < -0.39 is 0 Å². The zero-order valence-electron chi connectivity index (χ0n) is 14.4. The molecule has 0 aliphatic carbocycles. The first kappa shape index (κ1) is 17.1. The van der Waals surface area contributed by atoms with Crippen LogP contribution in [-0.2, 0) is 11.2 Å². The number of nitrogens with zero attached hydrogens (tertiary/aromatic N) is 4. The van der Waals surface area contributed by atoms with Crippen molar-refractivity contribution in [3.63, 3.8) is 0 Å². The molecule has 3 rings (SSSR count). The van der Waals surface area contributed by atoms with Crippen molar-refractivity contribution in [2.75, 3.05) is 32.1 Å². The highest BCUT2D eigenvalue weighted by molar-refractivity contribution is 5.79. The van der Waals surface area contributed by atoms with Crippen LogP contribution in [0.1, 0.15) is 12.0 Å². The SMILES string of the molecule is CN(C)c1ccc(OC2CCN(C(=O)Cc3ccccc3F)C2)nn1. The van der Waals surface area contributed by atoms with Gasteiger partial charge in [-0.1, -0.05) is 18.2 Å². The number of aromatic nitrogens is 2. The Morgan fingerprint density at radius 3 is 2.76 bits per heavy atom. The van der Waals surface area contributed by atoms with E-state index in [0.29, 0.717) is 24.5 Å². The van der Waals surface area contributed by atoms with Gasteiger partial charge in [0.1, 0.15) is 11.9 Å². The van der Waals surface area contributed by atoms with Crippen molar-refractivity contribution in [2.45, 2.75) is 18.9 Å². The Labute approximate surface area is 146 Å². The summed E-state index contributed by atoms with van der Waals surface area (Å²) in [5.41, 5.74) is 0.419. The average Bonchev–Trinajstić information content (AvgIpc) is 3.06. The third kappa shape index (κ3) is 4.23. The van der Waals surface area contributed by atoms with Crippen molar-refractivity contribution in [2.24, 2.45) is 0 Å². The predicted molar refractivity (Wildman–Crippen MR) is 92.1 cm³/mol. The summed E-state index contributed by atoms with van der Waals surface area (Å²) in [7, 11) is 3.78. The molecule has 1 aromatic heterocycles. The van der Waals surface area contributed by atoms with Gasteiger partial charge in [0, 0.05) is 33.1 Å². The molecule has 1 aliphatic rings. The van der Waals surface area contributed by atoms with Crippen molar-refractivity contribution < 1.29 is 13.9 Å². The van der Waals surface area contributed by atoms with E-state index in [1.54, 1.807) is 29.2 Å². The van der Waals surface area contributed by atoms with E-state index >= 15 is 0 Å². The minimum atomic E-state index is -0.348. The molecule has 1 aromatic carbocycles. The topological polar surface area (TPSA) is 58.6 Å². The second-order valence-corrected chi connectivity index (χ2v) is 6.26. The van der Waals surface area contributed by atoms with Crippen LogP contribution in [0.2, 0.25) is 0 Å². The number of hydrogen-bond acceptors (Lipinski definition) is 5. The fourth-order valence-electron chi connectivity index (χ4n) is 2.75. The molecule has 0 saturated carbocycles. The molecule has 6 nitrogen and oxygen atoms in total. The van der Waals surface area contributed by atoms with Gasteiger partial charge in [-0.25, -0.2) is 4.39 Å². The van der Waals surface area contributed by atoms with Gasteiger partial charge in [-0.05, 0) is 17.7 Å². The lowest BCUT2D eigenvalue weighted by Crippen LogP contribution is -2.32. The maximum Gasteiger partial charge on any atom is 0.233 e. The Kier molecular flexibility index (Phi) is 5.11. The van der Waals surface area contributed by atoms with Crippen LogP contribution >= 0.6 is 0 Å². The molecule has 132 valence electrons. The van der Waals surface area contributed by atoms with Gasteiger partial charge in [0.15, 0.2) is 5.82 Å². The summed E-state index contributed by atoms with van der Waals surface area (Å²) in [5.74, 6) is 0.754. The molecule has 1 unspecified atom stereocenters. The molecular formula is C18H21FN4O2. The van der Waals surface area contributed by atoms with Gasteiger partial charge in [-0.3, -0.25) is 4.79 Å². The summed E-state index contributed by atoms with van der Waals surface area (Å²) >= 11 is 0. The quantitative estimate of drug-likeness (QED) is 0.829. The van der Waals surface area contributed by atoms with Crippen LogP contribution in [-0.4, -0.2) is 54.3 Å². The van der Waals surface area contributed by atoms with E-state index in [-0.39, 0.29) is 24.2 Å². The summed E-state index contributed by atoms with van der Waals surface area (Å²) in [6, 6.07) is 9.96. The molecule has 0 bridgehead atoms. The van der Waals surface area contributed by atoms with Crippen LogP contribution in [0.25, 0.3) is 0 Å². The molecule has 7 heteroatoms. The highest BCUT2D eigenvalue weighted by atomic mass is 19.1. The number of amides is 1. The summed E-state index contributed by atoms with van der Waals surface area (Å²) in [4.78, 5) is 15.9. The molecule has 2 aromatic rings. The molecular weight excluding hydrogens is 323 g/mol. The number of likely N-dealkylation sites (tertiary alicyclic amines) is 1. The van der Waals surface area contributed by atoms with Crippen LogP contribution in [0.3, 0.4) is 0 Å². The number of ether oxygens (including phenoxy) is 1. The van der Waals surface area contributed by atoms with Crippen molar-refractivity contribution in [3.8, 4) is 5.88 Å². The zero-order chi connectivity index (χ0) is 17.8. The molecule has 0 radical (unpaired) electrons. The molecule has 1 fully saturated rings. The number of halogens is 1. The Bertz CT molecular complexity index is 736. The summed E-state index contributed by atoms with van der Waals surface area (Å²) in [6.07, 6.45) is 0.667. The normalized spacial score (nSPS) is 16.8. The number of carbonyl (C=O) groups excluding carboxylic acids is 1. The van der Waals surface area contributed by atoms with Crippen molar-refractivity contribution in [3.05, 3.63) is 47.8 Å². The van der Waals surface area contributed by atoms with Crippen molar-refractivity contribution in [1.82, 2.24) is 15.1 Å². The number of hydrogen-bond donors (Lipinski definition) is 0. The van der Waals surface area contributed by atoms with Gasteiger partial charge < -0.3 is 14.5 Å². The Morgan fingerprint density at radius 1 is 1.28 bits per heavy atom. The summed E-state index contributed by atoms with van der Waals surface area (Å²) < 4.78 is 19.5. The van der Waals surface area contributed by atoms with Crippen LogP contribution in [0, 0.1) is 5.82 Å². The van der Waals surface area contributed by atoms with Crippen molar-refractivity contribution in [1.29, 1.82) is 0 Å². The molecule has 1 saturated heterocycles. The maximum absolute atomic E-state index is 13.7. The van der Waals surface area contributed by atoms with Crippen LogP contribution in [0.4, 0.5) is 10.2 Å². The highest BCUT2D eigenvalue weighted by Gasteiger charge is 2.28. The molecule has 25 heavy (non-hydrogen) atoms. The van der Waals surface area contributed by atoms with Crippen LogP contribution in [0.15, 0.2) is 36.4 Å². The van der Waals surface area contributed by atoms with E-state index in [2.05, 4.69) is 10.2 Å². The Balaban J connectivity index is 1.54. The minimum Gasteiger partial charge on any atom is -0.471 e. The molecule has 2 heterocycles. The predicted octanol–water partition coefficient (Wildman–Crippen LogP) is 1.90. The second kappa shape index (κ2) is 7.46. The summed E-state index contributed by atoms with van der Waals surface area (Å²) in [6.45, 7) is 1.07. The summed E-state index contributed by atoms with van der Waals surface area (Å²) in [5, 5.41) is 8.11. The molecule has 0 N–H and O–H groups in total. The van der Waals surface area contributed by atoms with E-state index in [4.69, 9.17) is 4.74 Å². The van der Waals surface area contributed by atoms with Gasteiger partial charge in [-0.15, -0.1) is 10.2 Å². The first-order valence-corrected chi connectivity index (χ1v) is 8.22. The lowest BCUT2D eigenvalue weighted by Gasteiger charge is -2.17. The Hall–Kier alpha value is -2.70. The molecule has 1 amide bonds. The van der Waals surface area contributed by atoms with Gasteiger partial charge in [0.25, 0.3) is 0 Å².